The summed E-state index contributed by atoms with van der Waals surface area (Å²) in [5.41, 5.74) is 16.7. The van der Waals surface area contributed by atoms with E-state index in [1.807, 2.05) is 13.8 Å². The maximum atomic E-state index is 13.2. The van der Waals surface area contributed by atoms with E-state index in [0.29, 0.717) is 12.1 Å². The number of carbonyl (C=O) groups excluding carboxylic acids is 3. The van der Waals surface area contributed by atoms with Gasteiger partial charge in [0.05, 0.1) is 12.4 Å². The Bertz CT molecular complexity index is 916. The highest BCUT2D eigenvalue weighted by Gasteiger charge is 2.31. The van der Waals surface area contributed by atoms with Gasteiger partial charge in [0.2, 0.25) is 17.7 Å². The first-order chi connectivity index (χ1) is 17.3. The van der Waals surface area contributed by atoms with Gasteiger partial charge in [-0.25, -0.2) is 9.78 Å². The molecule has 5 unspecified atom stereocenters. The number of aliphatic carboxylic acids is 1. The largest absolute Gasteiger partial charge is 0.480 e. The highest BCUT2D eigenvalue weighted by Crippen LogP contribution is 2.08. The summed E-state index contributed by atoms with van der Waals surface area (Å²) in [5, 5.41) is 26.7. The second-order valence-corrected chi connectivity index (χ2v) is 9.15. The van der Waals surface area contributed by atoms with Crippen LogP contribution in [0, 0.1) is 5.92 Å². The summed E-state index contributed by atoms with van der Waals surface area (Å²) < 4.78 is 0. The minimum absolute atomic E-state index is 0.0136. The second-order valence-electron chi connectivity index (χ2n) is 9.15. The van der Waals surface area contributed by atoms with E-state index in [4.69, 9.17) is 17.2 Å². The molecule has 15 heteroatoms. The molecule has 0 aliphatic carbocycles. The van der Waals surface area contributed by atoms with E-state index in [9.17, 15) is 29.4 Å². The van der Waals surface area contributed by atoms with Crippen LogP contribution in [0.1, 0.15) is 45.7 Å². The number of nitrogens with one attached hydrogen (secondary N) is 4. The smallest absolute Gasteiger partial charge is 0.326 e. The maximum Gasteiger partial charge on any atom is 0.326 e. The first-order valence-corrected chi connectivity index (χ1v) is 11.9. The Kier molecular flexibility index (Phi) is 13.0. The van der Waals surface area contributed by atoms with Crippen molar-refractivity contribution in [2.24, 2.45) is 28.1 Å². The van der Waals surface area contributed by atoms with Crippen molar-refractivity contribution < 1.29 is 29.4 Å². The third kappa shape index (κ3) is 11.7. The minimum atomic E-state index is -1.26. The summed E-state index contributed by atoms with van der Waals surface area (Å²) in [6.07, 6.45) is 2.27. The summed E-state index contributed by atoms with van der Waals surface area (Å²) in [6.45, 7) is 5.22. The van der Waals surface area contributed by atoms with Crippen LogP contribution >= 0.6 is 0 Å². The number of aliphatic hydroxyl groups is 1. The highest BCUT2D eigenvalue weighted by atomic mass is 16.4. The van der Waals surface area contributed by atoms with Crippen molar-refractivity contribution in [3.8, 4) is 0 Å². The minimum Gasteiger partial charge on any atom is -0.480 e. The van der Waals surface area contributed by atoms with E-state index < -0.39 is 54.0 Å². The Morgan fingerprint density at radius 1 is 1.03 bits per heavy atom. The standard InChI is InChI=1S/C22H39N9O6/c1-11(2)7-15(31-20(35)17(23)12(3)32)18(33)30-16(8-13-9-26-10-28-13)19(34)29-14(21(36)37)5-4-6-27-22(24)25/h9-12,14-17,32H,4-8,23H2,1-3H3,(H,26,28)(H,29,34)(H,30,33)(H,31,35)(H,36,37)(H4,24,25,27). The lowest BCUT2D eigenvalue weighted by molar-refractivity contribution is -0.142. The Balaban J connectivity index is 3.04. The average Bonchev–Trinajstić information content (AvgIpc) is 3.31. The van der Waals surface area contributed by atoms with Crippen molar-refractivity contribution >= 4 is 29.7 Å². The molecular weight excluding hydrogens is 486 g/mol. The number of carboxylic acid groups (broad SMARTS) is 1. The van der Waals surface area contributed by atoms with Gasteiger partial charge in [0.1, 0.15) is 24.2 Å². The molecule has 0 radical (unpaired) electrons. The number of nitrogens with two attached hydrogens (primary N) is 3. The van der Waals surface area contributed by atoms with E-state index in [2.05, 4.69) is 30.9 Å². The Hall–Kier alpha value is -3.72. The number of aliphatic hydroxyl groups excluding tert-OH is 1. The molecule has 1 heterocycles. The number of hydrogen-bond acceptors (Lipinski definition) is 8. The number of imidazole rings is 1. The lowest BCUT2D eigenvalue weighted by Gasteiger charge is -2.26. The van der Waals surface area contributed by atoms with E-state index in [0.717, 1.165) is 0 Å². The Labute approximate surface area is 215 Å². The zero-order valence-corrected chi connectivity index (χ0v) is 21.3. The molecule has 0 fully saturated rings. The number of aliphatic imine (C=N–C) groups is 1. The molecule has 0 aromatic carbocycles. The maximum absolute atomic E-state index is 13.2. The van der Waals surface area contributed by atoms with Crippen LogP contribution in [0.5, 0.6) is 0 Å². The van der Waals surface area contributed by atoms with Crippen LogP contribution in [-0.2, 0) is 25.6 Å². The molecule has 0 aliphatic heterocycles. The van der Waals surface area contributed by atoms with Gasteiger partial charge < -0.3 is 48.3 Å². The number of carbonyl (C=O) groups is 4. The van der Waals surface area contributed by atoms with Gasteiger partial charge >= 0.3 is 5.97 Å². The molecule has 0 bridgehead atoms. The average molecular weight is 526 g/mol. The molecule has 0 saturated carbocycles. The van der Waals surface area contributed by atoms with Gasteiger partial charge in [-0.05, 0) is 32.1 Å². The van der Waals surface area contributed by atoms with Crippen molar-refractivity contribution in [3.63, 3.8) is 0 Å². The van der Waals surface area contributed by atoms with E-state index in [1.54, 1.807) is 0 Å². The van der Waals surface area contributed by atoms with Crippen LogP contribution in [0.2, 0.25) is 0 Å². The predicted molar refractivity (Wildman–Crippen MR) is 135 cm³/mol. The van der Waals surface area contributed by atoms with Crippen LogP contribution in [0.15, 0.2) is 17.5 Å². The van der Waals surface area contributed by atoms with Crippen molar-refractivity contribution in [3.05, 3.63) is 18.2 Å². The number of rotatable bonds is 16. The number of H-pyrrole nitrogens is 1. The number of aromatic nitrogens is 2. The first kappa shape index (κ1) is 31.3. The van der Waals surface area contributed by atoms with Gasteiger partial charge in [0.15, 0.2) is 5.96 Å². The van der Waals surface area contributed by atoms with Crippen LogP contribution in [0.4, 0.5) is 0 Å². The zero-order chi connectivity index (χ0) is 28.1. The zero-order valence-electron chi connectivity index (χ0n) is 21.3. The lowest BCUT2D eigenvalue weighted by atomic mass is 10.0. The van der Waals surface area contributed by atoms with Crippen molar-refractivity contribution in [1.82, 2.24) is 25.9 Å². The third-order valence-electron chi connectivity index (χ3n) is 5.33. The number of hydrogen-bond donors (Lipinski definition) is 9. The van der Waals surface area contributed by atoms with Crippen molar-refractivity contribution in [2.75, 3.05) is 6.54 Å². The fourth-order valence-electron chi connectivity index (χ4n) is 3.32. The number of nitrogens with zero attached hydrogens (tertiary/aromatic N) is 2. The van der Waals surface area contributed by atoms with E-state index >= 15 is 0 Å². The van der Waals surface area contributed by atoms with Gasteiger partial charge in [-0.15, -0.1) is 0 Å². The molecule has 208 valence electrons. The van der Waals surface area contributed by atoms with Crippen LogP contribution in [0.25, 0.3) is 0 Å². The number of aromatic amines is 1. The fourth-order valence-corrected chi connectivity index (χ4v) is 3.32. The predicted octanol–water partition coefficient (Wildman–Crippen LogP) is -2.70. The van der Waals surface area contributed by atoms with Gasteiger partial charge in [-0.1, -0.05) is 13.8 Å². The van der Waals surface area contributed by atoms with Gasteiger partial charge in [0, 0.05) is 24.9 Å². The third-order valence-corrected chi connectivity index (χ3v) is 5.33. The van der Waals surface area contributed by atoms with Gasteiger partial charge in [0.25, 0.3) is 0 Å². The molecule has 0 spiro atoms. The monoisotopic (exact) mass is 525 g/mol. The molecule has 0 aliphatic rings. The topological polar surface area (TPSA) is 264 Å². The molecule has 0 saturated heterocycles. The van der Waals surface area contributed by atoms with Crippen LogP contribution in [0.3, 0.4) is 0 Å². The van der Waals surface area contributed by atoms with Crippen molar-refractivity contribution in [1.29, 1.82) is 0 Å². The summed E-state index contributed by atoms with van der Waals surface area (Å²) >= 11 is 0. The molecule has 1 aromatic rings. The SMILES string of the molecule is CC(C)CC(NC(=O)C(N)C(C)O)C(=O)NC(Cc1cnc[nH]1)C(=O)NC(CCCN=C(N)N)C(=O)O. The molecule has 15 nitrogen and oxygen atoms in total. The summed E-state index contributed by atoms with van der Waals surface area (Å²) in [6, 6.07) is -4.74. The Morgan fingerprint density at radius 3 is 2.14 bits per heavy atom. The molecule has 12 N–H and O–H groups in total. The summed E-state index contributed by atoms with van der Waals surface area (Å²) in [7, 11) is 0. The molecular formula is C22H39N9O6. The van der Waals surface area contributed by atoms with Gasteiger partial charge in [-0.3, -0.25) is 19.4 Å². The van der Waals surface area contributed by atoms with Crippen molar-refractivity contribution in [2.45, 2.75) is 76.7 Å². The number of guanidine groups is 1. The van der Waals surface area contributed by atoms with Crippen LogP contribution in [-0.4, -0.2) is 86.6 Å². The van der Waals surface area contributed by atoms with E-state index in [-0.39, 0.29) is 37.7 Å². The normalized spacial score (nSPS) is 15.1. The fraction of sp³-hybridized carbons (Fsp3) is 0.636. The number of amides is 3. The molecule has 5 atom stereocenters. The lowest BCUT2D eigenvalue weighted by Crippen LogP contribution is -2.58. The molecule has 1 aromatic heterocycles. The number of carboxylic acids is 1. The molecule has 37 heavy (non-hydrogen) atoms. The summed E-state index contributed by atoms with van der Waals surface area (Å²) in [5.74, 6) is -3.54. The molecule has 1 rings (SSSR count). The highest BCUT2D eigenvalue weighted by molar-refractivity contribution is 5.94. The molecule has 3 amide bonds. The van der Waals surface area contributed by atoms with Crippen LogP contribution < -0.4 is 33.2 Å². The second kappa shape index (κ2) is 15.4. The Morgan fingerprint density at radius 2 is 1.62 bits per heavy atom. The summed E-state index contributed by atoms with van der Waals surface area (Å²) in [4.78, 5) is 60.9. The van der Waals surface area contributed by atoms with Gasteiger partial charge in [-0.2, -0.15) is 0 Å². The quantitative estimate of drug-likeness (QED) is 0.0612. The first-order valence-electron chi connectivity index (χ1n) is 11.9. The van der Waals surface area contributed by atoms with E-state index in [1.165, 1.54) is 19.4 Å².